The third kappa shape index (κ3) is 11.2. The van der Waals surface area contributed by atoms with Crippen molar-refractivity contribution in [2.75, 3.05) is 26.1 Å². The number of aliphatic hydroxyl groups is 4. The molecular formula is C22H36BN3O9. The minimum absolute atomic E-state index is 0.0693. The third-order valence-electron chi connectivity index (χ3n) is 4.76. The Balaban J connectivity index is 0.00000274. The Kier molecular flexibility index (Phi) is 16.5. The number of hydrogen-bond acceptors (Lipinski definition) is 10. The standard InChI is InChI=1S/C20H28BN3O7.2CH4O/c1-11(2)19(24-21)20(29)22-8-17(28)23-15-4-3-12(9-25)5-16(15)31-18-7-13(27)6-14(10-26)30-18;2*1-2/h3-5,10-11,13-14,18-19,24-25,27H,6-9H2,1-2H3,(H,22,29)(H,23,28);2*2H,1H3. The summed E-state index contributed by atoms with van der Waals surface area (Å²) in [5.74, 6) is -0.798. The molecule has 1 aromatic rings. The van der Waals surface area contributed by atoms with E-state index in [2.05, 4.69) is 15.9 Å². The molecule has 12 nitrogen and oxygen atoms in total. The van der Waals surface area contributed by atoms with Crippen LogP contribution in [-0.4, -0.2) is 91.8 Å². The van der Waals surface area contributed by atoms with Gasteiger partial charge in [-0.3, -0.25) is 9.59 Å². The van der Waals surface area contributed by atoms with Crippen molar-refractivity contribution >= 4 is 31.8 Å². The van der Waals surface area contributed by atoms with Crippen LogP contribution >= 0.6 is 0 Å². The topological polar surface area (TPSA) is 187 Å². The van der Waals surface area contributed by atoms with E-state index in [0.29, 0.717) is 11.8 Å². The molecule has 13 heteroatoms. The van der Waals surface area contributed by atoms with Gasteiger partial charge in [-0.25, -0.2) is 0 Å². The highest BCUT2D eigenvalue weighted by molar-refractivity contribution is 6.07. The molecule has 0 saturated carbocycles. The van der Waals surface area contributed by atoms with Crippen LogP contribution in [0.15, 0.2) is 18.2 Å². The van der Waals surface area contributed by atoms with E-state index in [-0.39, 0.29) is 43.3 Å². The second-order valence-electron chi connectivity index (χ2n) is 7.63. The second-order valence-corrected chi connectivity index (χ2v) is 7.63. The van der Waals surface area contributed by atoms with Gasteiger partial charge < -0.3 is 50.6 Å². The summed E-state index contributed by atoms with van der Waals surface area (Å²) in [6.45, 7) is 3.08. The maximum Gasteiger partial charge on any atom is 0.243 e. The first-order valence-corrected chi connectivity index (χ1v) is 10.9. The summed E-state index contributed by atoms with van der Waals surface area (Å²) < 4.78 is 11.2. The highest BCUT2D eigenvalue weighted by atomic mass is 16.7. The number of rotatable bonds is 10. The number of benzene rings is 1. The molecule has 0 bridgehead atoms. The fourth-order valence-electron chi connectivity index (χ4n) is 3.11. The molecule has 2 rings (SSSR count). The van der Waals surface area contributed by atoms with Crippen LogP contribution in [0.3, 0.4) is 0 Å². The van der Waals surface area contributed by atoms with Gasteiger partial charge in [0.2, 0.25) is 18.1 Å². The number of aliphatic hydroxyl groups excluding tert-OH is 4. The molecule has 35 heavy (non-hydrogen) atoms. The van der Waals surface area contributed by atoms with Gasteiger partial charge in [0, 0.05) is 27.1 Å². The van der Waals surface area contributed by atoms with E-state index < -0.39 is 36.4 Å². The molecule has 4 unspecified atom stereocenters. The summed E-state index contributed by atoms with van der Waals surface area (Å²) in [5.41, 5.74) is 0.804. The molecule has 2 radical (unpaired) electrons. The fourth-order valence-corrected chi connectivity index (χ4v) is 3.11. The highest BCUT2D eigenvalue weighted by Gasteiger charge is 2.30. The van der Waals surface area contributed by atoms with Crippen molar-refractivity contribution in [2.24, 2.45) is 5.92 Å². The van der Waals surface area contributed by atoms with Crippen molar-refractivity contribution in [2.45, 2.75) is 57.8 Å². The van der Waals surface area contributed by atoms with Gasteiger partial charge in [-0.05, 0) is 23.6 Å². The number of ether oxygens (including phenoxy) is 2. The first kappa shape index (κ1) is 32.5. The van der Waals surface area contributed by atoms with Gasteiger partial charge in [-0.15, -0.1) is 0 Å². The van der Waals surface area contributed by atoms with Crippen LogP contribution in [0.1, 0.15) is 32.3 Å². The molecular weight excluding hydrogens is 461 g/mol. The van der Waals surface area contributed by atoms with Crippen LogP contribution in [0.5, 0.6) is 5.75 Å². The zero-order chi connectivity index (χ0) is 27.0. The molecule has 1 aromatic carbocycles. The van der Waals surface area contributed by atoms with Gasteiger partial charge in [0.1, 0.15) is 18.1 Å². The monoisotopic (exact) mass is 497 g/mol. The predicted octanol–water partition coefficient (Wildman–Crippen LogP) is -1.41. The van der Waals surface area contributed by atoms with Crippen molar-refractivity contribution in [3.63, 3.8) is 0 Å². The number of carbonyl (C=O) groups excluding carboxylic acids is 3. The number of nitrogens with one attached hydrogen (secondary N) is 3. The molecule has 0 aliphatic carbocycles. The lowest BCUT2D eigenvalue weighted by atomic mass is 10.0. The van der Waals surface area contributed by atoms with Crippen molar-refractivity contribution in [3.05, 3.63) is 23.8 Å². The Morgan fingerprint density at radius 1 is 1.23 bits per heavy atom. The van der Waals surface area contributed by atoms with Gasteiger partial charge in [-0.1, -0.05) is 19.9 Å². The Morgan fingerprint density at radius 3 is 2.43 bits per heavy atom. The average Bonchev–Trinajstić information content (AvgIpc) is 2.86. The number of hydrogen-bond donors (Lipinski definition) is 7. The number of amides is 2. The molecule has 196 valence electrons. The number of carbonyl (C=O) groups is 3. The predicted molar refractivity (Wildman–Crippen MR) is 128 cm³/mol. The average molecular weight is 497 g/mol. The Morgan fingerprint density at radius 2 is 1.89 bits per heavy atom. The maximum absolute atomic E-state index is 12.3. The van der Waals surface area contributed by atoms with Crippen molar-refractivity contribution in [1.82, 2.24) is 10.5 Å². The van der Waals surface area contributed by atoms with Gasteiger partial charge in [0.25, 0.3) is 0 Å². The Labute approximate surface area is 206 Å². The largest absolute Gasteiger partial charge is 0.463 e. The lowest BCUT2D eigenvalue weighted by molar-refractivity contribution is -0.175. The van der Waals surface area contributed by atoms with E-state index in [0.717, 1.165) is 14.2 Å². The summed E-state index contributed by atoms with van der Waals surface area (Å²) >= 11 is 0. The molecule has 0 aromatic heterocycles. The van der Waals surface area contributed by atoms with Crippen LogP contribution < -0.4 is 20.6 Å². The minimum atomic E-state index is -0.911. The van der Waals surface area contributed by atoms with Crippen molar-refractivity contribution in [1.29, 1.82) is 0 Å². The van der Waals surface area contributed by atoms with Crippen LogP contribution in [0.2, 0.25) is 0 Å². The fraction of sp³-hybridized carbons (Fsp3) is 0.591. The first-order chi connectivity index (χ1) is 16.8. The highest BCUT2D eigenvalue weighted by Crippen LogP contribution is 2.30. The van der Waals surface area contributed by atoms with Gasteiger partial charge >= 0.3 is 0 Å². The van der Waals surface area contributed by atoms with Crippen LogP contribution in [-0.2, 0) is 25.7 Å². The van der Waals surface area contributed by atoms with E-state index >= 15 is 0 Å². The summed E-state index contributed by atoms with van der Waals surface area (Å²) in [7, 11) is 7.37. The van der Waals surface area contributed by atoms with Crippen LogP contribution in [0, 0.1) is 5.92 Å². The molecule has 2 amide bonds. The van der Waals surface area contributed by atoms with Gasteiger partial charge in [0.15, 0.2) is 7.98 Å². The first-order valence-electron chi connectivity index (χ1n) is 10.9. The van der Waals surface area contributed by atoms with Crippen LogP contribution in [0.25, 0.3) is 0 Å². The molecule has 1 aliphatic rings. The number of anilines is 1. The summed E-state index contributed by atoms with van der Waals surface area (Å²) in [6, 6.07) is 4.01. The SMILES string of the molecule is CO.CO.[B]NC(C(=O)NCC(=O)Nc1ccc(CO)cc1OC1CC(O)CC(C=O)O1)C(C)C. The zero-order valence-electron chi connectivity index (χ0n) is 20.4. The normalized spacial score (nSPS) is 19.7. The molecule has 1 saturated heterocycles. The quantitative estimate of drug-likeness (QED) is 0.150. The molecule has 1 fully saturated rings. The summed E-state index contributed by atoms with van der Waals surface area (Å²) in [5, 5.41) is 40.9. The van der Waals surface area contributed by atoms with E-state index in [1.54, 1.807) is 6.07 Å². The van der Waals surface area contributed by atoms with Crippen molar-refractivity contribution < 1.29 is 44.3 Å². The summed E-state index contributed by atoms with van der Waals surface area (Å²) in [6.07, 6.45) is -1.57. The van der Waals surface area contributed by atoms with E-state index in [1.807, 2.05) is 13.8 Å². The third-order valence-corrected chi connectivity index (χ3v) is 4.76. The molecule has 7 N–H and O–H groups in total. The lowest BCUT2D eigenvalue weighted by Crippen LogP contribution is -2.48. The number of aldehydes is 1. The van der Waals surface area contributed by atoms with Crippen LogP contribution in [0.4, 0.5) is 5.69 Å². The lowest BCUT2D eigenvalue weighted by Gasteiger charge is -2.31. The van der Waals surface area contributed by atoms with E-state index in [9.17, 15) is 24.6 Å². The van der Waals surface area contributed by atoms with E-state index in [1.165, 1.54) is 12.1 Å². The second kappa shape index (κ2) is 17.8. The minimum Gasteiger partial charge on any atom is -0.463 e. The van der Waals surface area contributed by atoms with Gasteiger partial charge in [-0.2, -0.15) is 0 Å². The van der Waals surface area contributed by atoms with E-state index in [4.69, 9.17) is 27.7 Å². The smallest absolute Gasteiger partial charge is 0.243 e. The zero-order valence-corrected chi connectivity index (χ0v) is 20.4. The van der Waals surface area contributed by atoms with Gasteiger partial charge in [0.05, 0.1) is 31.0 Å². The molecule has 1 heterocycles. The molecule has 4 atom stereocenters. The Hall–Kier alpha value is -2.55. The molecule has 1 aliphatic heterocycles. The summed E-state index contributed by atoms with van der Waals surface area (Å²) in [4.78, 5) is 35.5. The maximum atomic E-state index is 12.3. The van der Waals surface area contributed by atoms with Crippen molar-refractivity contribution in [3.8, 4) is 5.75 Å². The molecule has 0 spiro atoms. The Bertz CT molecular complexity index is 783.